The number of nitrogens with zero attached hydrogens (tertiary/aromatic N) is 1. The summed E-state index contributed by atoms with van der Waals surface area (Å²) in [7, 11) is -2.34. The van der Waals surface area contributed by atoms with Crippen LogP contribution in [0.15, 0.2) is 4.99 Å². The highest BCUT2D eigenvalue weighted by atomic mass is 32.2. The van der Waals surface area contributed by atoms with Crippen LogP contribution in [0, 0.1) is 0 Å². The Balaban J connectivity index is 4.47. The second-order valence-corrected chi connectivity index (χ2v) is 6.48. The molecule has 0 aliphatic carbocycles. The van der Waals surface area contributed by atoms with E-state index in [1.807, 2.05) is 0 Å². The molecule has 0 fully saturated rings. The molecule has 0 bridgehead atoms. The summed E-state index contributed by atoms with van der Waals surface area (Å²) >= 11 is 4.39. The molecule has 0 radical (unpaired) electrons. The highest BCUT2D eigenvalue weighted by molar-refractivity contribution is 7.91. The Morgan fingerprint density at radius 2 is 2.05 bits per heavy atom. The lowest BCUT2D eigenvalue weighted by Crippen LogP contribution is -2.45. The van der Waals surface area contributed by atoms with Gasteiger partial charge in [0.15, 0.2) is 9.84 Å². The van der Waals surface area contributed by atoms with Gasteiger partial charge in [0.05, 0.1) is 23.8 Å². The molecule has 0 rings (SSSR count). The van der Waals surface area contributed by atoms with Crippen LogP contribution in [0.5, 0.6) is 0 Å². The van der Waals surface area contributed by atoms with Crippen molar-refractivity contribution in [2.75, 3.05) is 25.2 Å². The number of aliphatic imine (C=N–C) groups is 1. The molecule has 1 atom stereocenters. The maximum atomic E-state index is 11.8. The van der Waals surface area contributed by atoms with Crippen LogP contribution in [0.3, 0.4) is 0 Å². The van der Waals surface area contributed by atoms with E-state index >= 15 is 0 Å². The summed E-state index contributed by atoms with van der Waals surface area (Å²) in [6.45, 7) is 1.62. The van der Waals surface area contributed by atoms with E-state index in [9.17, 15) is 18.0 Å². The maximum Gasteiger partial charge on any atom is 0.329 e. The van der Waals surface area contributed by atoms with Gasteiger partial charge in [0.2, 0.25) is 5.91 Å². The molecule has 7 nitrogen and oxygen atoms in total. The zero-order valence-electron chi connectivity index (χ0n) is 11.4. The van der Waals surface area contributed by atoms with Crippen LogP contribution < -0.4 is 5.32 Å². The van der Waals surface area contributed by atoms with Gasteiger partial charge in [0, 0.05) is 13.5 Å². The molecule has 1 unspecified atom stereocenters. The summed E-state index contributed by atoms with van der Waals surface area (Å²) < 4.78 is 28.2. The first-order chi connectivity index (χ1) is 9.32. The molecule has 0 aliphatic heterocycles. The number of amides is 1. The molecule has 9 heteroatoms. The van der Waals surface area contributed by atoms with Crippen molar-refractivity contribution in [3.63, 3.8) is 0 Å². The fourth-order valence-corrected chi connectivity index (χ4v) is 3.08. The number of sulfone groups is 1. The Morgan fingerprint density at radius 3 is 2.55 bits per heavy atom. The van der Waals surface area contributed by atoms with E-state index in [2.05, 4.69) is 32.4 Å². The molecule has 0 saturated heterocycles. The second kappa shape index (κ2) is 9.57. The number of esters is 1. The molecule has 0 aromatic carbocycles. The molecule has 0 saturated carbocycles. The molecule has 0 spiro atoms. The van der Waals surface area contributed by atoms with E-state index < -0.39 is 33.5 Å². The fraction of sp³-hybridized carbons (Fsp3) is 0.727. The molecule has 114 valence electrons. The summed E-state index contributed by atoms with van der Waals surface area (Å²) in [5.74, 6) is -1.84. The van der Waals surface area contributed by atoms with Gasteiger partial charge in [0.1, 0.15) is 6.04 Å². The topological polar surface area (TPSA) is 102 Å². The molecule has 0 aliphatic rings. The van der Waals surface area contributed by atoms with Gasteiger partial charge in [-0.3, -0.25) is 4.79 Å². The van der Waals surface area contributed by atoms with E-state index in [1.54, 1.807) is 0 Å². The predicted molar refractivity (Wildman–Crippen MR) is 77.4 cm³/mol. The van der Waals surface area contributed by atoms with Crippen LogP contribution in [0.2, 0.25) is 0 Å². The number of ether oxygens (including phenoxy) is 1. The number of unbranched alkanes of at least 4 members (excludes halogenated alkanes) is 1. The molecule has 0 heterocycles. The molecule has 1 amide bonds. The third-order valence-corrected chi connectivity index (χ3v) is 4.20. The number of carbonyl (C=O) groups is 2. The zero-order chi connectivity index (χ0) is 15.6. The van der Waals surface area contributed by atoms with Crippen LogP contribution in [-0.4, -0.2) is 56.7 Å². The highest BCUT2D eigenvalue weighted by Gasteiger charge is 2.26. The second-order valence-electron chi connectivity index (χ2n) is 4.07. The van der Waals surface area contributed by atoms with Crippen LogP contribution in [0.4, 0.5) is 0 Å². The first kappa shape index (κ1) is 18.7. The normalized spacial score (nSPS) is 12.1. The minimum atomic E-state index is -3.47. The van der Waals surface area contributed by atoms with Crippen LogP contribution >= 0.6 is 12.2 Å². The minimum absolute atomic E-state index is 0.0903. The Hall–Kier alpha value is -1.31. The van der Waals surface area contributed by atoms with Gasteiger partial charge in [-0.15, -0.1) is 0 Å². The third kappa shape index (κ3) is 8.73. The summed E-state index contributed by atoms with van der Waals surface area (Å²) in [5, 5.41) is 4.45. The van der Waals surface area contributed by atoms with Crippen LogP contribution in [0.1, 0.15) is 19.8 Å². The summed E-state index contributed by atoms with van der Waals surface area (Å²) in [5.41, 5.74) is 0. The van der Waals surface area contributed by atoms with Crippen molar-refractivity contribution >= 4 is 39.1 Å². The van der Waals surface area contributed by atoms with Crippen molar-refractivity contribution in [3.8, 4) is 0 Å². The van der Waals surface area contributed by atoms with Crippen LogP contribution in [-0.2, 0) is 24.2 Å². The van der Waals surface area contributed by atoms with Gasteiger partial charge in [-0.05, 0) is 25.1 Å². The number of rotatable bonds is 9. The molecular weight excluding hydrogens is 304 g/mol. The molecule has 0 aromatic rings. The van der Waals surface area contributed by atoms with E-state index in [1.165, 1.54) is 6.92 Å². The van der Waals surface area contributed by atoms with E-state index in [4.69, 9.17) is 0 Å². The molecule has 0 aromatic heterocycles. The van der Waals surface area contributed by atoms with Crippen molar-refractivity contribution in [1.29, 1.82) is 0 Å². The first-order valence-corrected chi connectivity index (χ1v) is 8.14. The first-order valence-electron chi connectivity index (χ1n) is 5.91. The highest BCUT2D eigenvalue weighted by Crippen LogP contribution is 2.02. The van der Waals surface area contributed by atoms with Crippen molar-refractivity contribution < 1.29 is 22.7 Å². The Kier molecular flexibility index (Phi) is 8.94. The molecule has 1 N–H and O–H groups in total. The summed E-state index contributed by atoms with van der Waals surface area (Å²) in [4.78, 5) is 26.0. The van der Waals surface area contributed by atoms with Crippen molar-refractivity contribution in [2.45, 2.75) is 25.8 Å². The number of methoxy groups -OCH3 is 1. The largest absolute Gasteiger partial charge is 0.467 e. The van der Waals surface area contributed by atoms with E-state index in [-0.39, 0.29) is 5.75 Å². The fourth-order valence-electron chi connectivity index (χ4n) is 1.45. The lowest BCUT2D eigenvalue weighted by atomic mass is 10.3. The standard InChI is InChI=1S/C11H18N2O5S2/c1-9(14)13-10(11(15)18-2)7-20(16,17)6-4-3-5-12-8-19/h10H,3-7H2,1-2H3,(H,13,14). The van der Waals surface area contributed by atoms with Gasteiger partial charge in [-0.25, -0.2) is 18.2 Å². The Labute approximate surface area is 123 Å². The van der Waals surface area contributed by atoms with Crippen molar-refractivity contribution in [3.05, 3.63) is 0 Å². The zero-order valence-corrected chi connectivity index (χ0v) is 13.1. The van der Waals surface area contributed by atoms with Crippen molar-refractivity contribution in [2.24, 2.45) is 4.99 Å². The average Bonchev–Trinajstić information content (AvgIpc) is 2.35. The van der Waals surface area contributed by atoms with Gasteiger partial charge in [-0.2, -0.15) is 0 Å². The smallest absolute Gasteiger partial charge is 0.329 e. The number of thiocarbonyl (C=S) groups is 1. The Morgan fingerprint density at radius 1 is 1.40 bits per heavy atom. The lowest BCUT2D eigenvalue weighted by Gasteiger charge is -2.15. The monoisotopic (exact) mass is 322 g/mol. The number of carbonyl (C=O) groups excluding carboxylic acids is 2. The van der Waals surface area contributed by atoms with Crippen LogP contribution in [0.25, 0.3) is 0 Å². The average molecular weight is 322 g/mol. The number of hydrogen-bond donors (Lipinski definition) is 1. The van der Waals surface area contributed by atoms with Gasteiger partial charge in [0.25, 0.3) is 0 Å². The lowest BCUT2D eigenvalue weighted by molar-refractivity contribution is -0.144. The summed E-state index contributed by atoms with van der Waals surface area (Å²) in [6.07, 6.45) is 0.961. The quantitative estimate of drug-likeness (QED) is 0.277. The van der Waals surface area contributed by atoms with Gasteiger partial charge < -0.3 is 10.1 Å². The third-order valence-electron chi connectivity index (χ3n) is 2.32. The maximum absolute atomic E-state index is 11.8. The number of isothiocyanates is 1. The van der Waals surface area contributed by atoms with Gasteiger partial charge >= 0.3 is 5.97 Å². The van der Waals surface area contributed by atoms with E-state index in [0.717, 1.165) is 7.11 Å². The number of hydrogen-bond acceptors (Lipinski definition) is 7. The van der Waals surface area contributed by atoms with Crippen molar-refractivity contribution in [1.82, 2.24) is 5.32 Å². The SMILES string of the molecule is COC(=O)C(CS(=O)(=O)CCCCN=C=S)NC(C)=O. The van der Waals surface area contributed by atoms with E-state index in [0.29, 0.717) is 19.4 Å². The minimum Gasteiger partial charge on any atom is -0.467 e. The molecular formula is C11H18N2O5S2. The summed E-state index contributed by atoms with van der Waals surface area (Å²) in [6, 6.07) is -1.18. The Bertz CT molecular complexity index is 483. The molecule has 20 heavy (non-hydrogen) atoms. The van der Waals surface area contributed by atoms with Gasteiger partial charge in [-0.1, -0.05) is 0 Å². The number of nitrogens with one attached hydrogen (secondary N) is 1. The predicted octanol–water partition coefficient (Wildman–Crippen LogP) is -0.0381.